The summed E-state index contributed by atoms with van der Waals surface area (Å²) in [6.45, 7) is 15.8. The van der Waals surface area contributed by atoms with Crippen LogP contribution in [0.25, 0.3) is 0 Å². The minimum Gasteiger partial charge on any atom is -0.466 e. The van der Waals surface area contributed by atoms with Crippen LogP contribution in [0.3, 0.4) is 0 Å². The number of carbonyl (C=O) groups excluding carboxylic acids is 1. The zero-order chi connectivity index (χ0) is 15.6. The first kappa shape index (κ1) is 17.7. The standard InChI is InChI=1S/C16H32O3Si/c1-8-18-14(17)16(5)11-9-13(10-12-16)19-20(6,7)15(2,3)4/h13H,8-12H2,1-7H3/t13-,16-. The van der Waals surface area contributed by atoms with Gasteiger partial charge in [0.2, 0.25) is 0 Å². The summed E-state index contributed by atoms with van der Waals surface area (Å²) < 4.78 is 11.7. The van der Waals surface area contributed by atoms with E-state index in [0.29, 0.717) is 12.7 Å². The molecule has 0 aromatic heterocycles. The van der Waals surface area contributed by atoms with Gasteiger partial charge in [0, 0.05) is 6.10 Å². The summed E-state index contributed by atoms with van der Waals surface area (Å²) in [5.41, 5.74) is -0.302. The van der Waals surface area contributed by atoms with Crippen LogP contribution < -0.4 is 0 Å². The predicted octanol–water partition coefficient (Wildman–Crippen LogP) is 4.52. The van der Waals surface area contributed by atoms with Crippen molar-refractivity contribution < 1.29 is 14.0 Å². The van der Waals surface area contributed by atoms with Crippen molar-refractivity contribution in [3.05, 3.63) is 0 Å². The van der Waals surface area contributed by atoms with Gasteiger partial charge < -0.3 is 9.16 Å². The van der Waals surface area contributed by atoms with Crippen LogP contribution in [-0.4, -0.2) is 27.0 Å². The maximum absolute atomic E-state index is 12.0. The topological polar surface area (TPSA) is 35.5 Å². The van der Waals surface area contributed by atoms with Gasteiger partial charge >= 0.3 is 5.97 Å². The van der Waals surface area contributed by atoms with E-state index in [9.17, 15) is 4.79 Å². The fourth-order valence-electron chi connectivity index (χ4n) is 2.45. The lowest BCUT2D eigenvalue weighted by Gasteiger charge is -2.42. The Bertz CT molecular complexity index is 336. The Balaban J connectivity index is 2.57. The average molecular weight is 301 g/mol. The lowest BCUT2D eigenvalue weighted by atomic mass is 9.75. The molecule has 118 valence electrons. The van der Waals surface area contributed by atoms with Crippen LogP contribution in [0.5, 0.6) is 0 Å². The van der Waals surface area contributed by atoms with E-state index in [2.05, 4.69) is 33.9 Å². The number of carbonyl (C=O) groups is 1. The normalized spacial score (nSPS) is 28.2. The van der Waals surface area contributed by atoms with E-state index in [-0.39, 0.29) is 16.4 Å². The molecule has 1 fully saturated rings. The molecular formula is C16H32O3Si. The van der Waals surface area contributed by atoms with Gasteiger partial charge in [-0.2, -0.15) is 0 Å². The summed E-state index contributed by atoms with van der Waals surface area (Å²) in [7, 11) is -1.70. The second-order valence-corrected chi connectivity index (χ2v) is 12.6. The van der Waals surface area contributed by atoms with Crippen molar-refractivity contribution in [1.82, 2.24) is 0 Å². The van der Waals surface area contributed by atoms with Gasteiger partial charge in [-0.05, 0) is 57.7 Å². The highest BCUT2D eigenvalue weighted by molar-refractivity contribution is 6.74. The van der Waals surface area contributed by atoms with E-state index in [0.717, 1.165) is 25.7 Å². The van der Waals surface area contributed by atoms with Crippen molar-refractivity contribution in [2.24, 2.45) is 5.41 Å². The number of rotatable bonds is 4. The van der Waals surface area contributed by atoms with Crippen LogP contribution in [0.4, 0.5) is 0 Å². The third kappa shape index (κ3) is 4.07. The molecule has 0 saturated heterocycles. The molecule has 0 aromatic carbocycles. The quantitative estimate of drug-likeness (QED) is 0.565. The van der Waals surface area contributed by atoms with Crippen molar-refractivity contribution >= 4 is 14.3 Å². The molecule has 1 saturated carbocycles. The first-order chi connectivity index (χ1) is 9.02. The van der Waals surface area contributed by atoms with Crippen molar-refractivity contribution in [2.75, 3.05) is 6.61 Å². The van der Waals surface area contributed by atoms with Crippen LogP contribution >= 0.6 is 0 Å². The van der Waals surface area contributed by atoms with E-state index < -0.39 is 8.32 Å². The average Bonchev–Trinajstić information content (AvgIpc) is 2.31. The van der Waals surface area contributed by atoms with Crippen molar-refractivity contribution in [3.63, 3.8) is 0 Å². The van der Waals surface area contributed by atoms with Gasteiger partial charge in [0.15, 0.2) is 8.32 Å². The Morgan fingerprint density at radius 2 is 1.75 bits per heavy atom. The van der Waals surface area contributed by atoms with Gasteiger partial charge in [-0.1, -0.05) is 20.8 Å². The van der Waals surface area contributed by atoms with Crippen LogP contribution in [0.2, 0.25) is 18.1 Å². The summed E-state index contributed by atoms with van der Waals surface area (Å²) in [5, 5.41) is 0.245. The fraction of sp³-hybridized carbons (Fsp3) is 0.938. The second-order valence-electron chi connectivity index (χ2n) is 7.86. The molecule has 0 N–H and O–H groups in total. The Hall–Kier alpha value is -0.353. The summed E-state index contributed by atoms with van der Waals surface area (Å²) >= 11 is 0. The van der Waals surface area contributed by atoms with Crippen molar-refractivity contribution in [1.29, 1.82) is 0 Å². The summed E-state index contributed by atoms with van der Waals surface area (Å²) in [5.74, 6) is -0.0363. The molecule has 20 heavy (non-hydrogen) atoms. The van der Waals surface area contributed by atoms with E-state index in [1.807, 2.05) is 13.8 Å². The molecule has 0 amide bonds. The van der Waals surface area contributed by atoms with Gasteiger partial charge in [-0.15, -0.1) is 0 Å². The molecule has 3 nitrogen and oxygen atoms in total. The monoisotopic (exact) mass is 300 g/mol. The van der Waals surface area contributed by atoms with Gasteiger partial charge in [0.1, 0.15) is 0 Å². The van der Waals surface area contributed by atoms with Gasteiger partial charge in [0.25, 0.3) is 0 Å². The SMILES string of the molecule is CCOC(=O)[C@]1(C)CC[C@@H](O[Si](C)(C)C(C)(C)C)CC1. The molecule has 0 spiro atoms. The van der Waals surface area contributed by atoms with Crippen molar-refractivity contribution in [3.8, 4) is 0 Å². The van der Waals surface area contributed by atoms with Crippen molar-refractivity contribution in [2.45, 2.75) is 84.5 Å². The third-order valence-corrected chi connectivity index (χ3v) is 9.61. The third-order valence-electron chi connectivity index (χ3n) is 5.07. The Morgan fingerprint density at radius 3 is 2.15 bits per heavy atom. The summed E-state index contributed by atoms with van der Waals surface area (Å²) in [6.07, 6.45) is 4.03. The van der Waals surface area contributed by atoms with Gasteiger partial charge in [0.05, 0.1) is 12.0 Å². The Labute approximate surface area is 125 Å². The molecule has 0 unspecified atom stereocenters. The fourth-order valence-corrected chi connectivity index (χ4v) is 3.87. The zero-order valence-electron chi connectivity index (χ0n) is 14.3. The van der Waals surface area contributed by atoms with Crippen LogP contribution in [0.1, 0.15) is 60.3 Å². The number of hydrogen-bond donors (Lipinski definition) is 0. The first-order valence-corrected chi connectivity index (χ1v) is 10.8. The maximum atomic E-state index is 12.0. The van der Waals surface area contributed by atoms with E-state index in [1.165, 1.54) is 0 Å². The highest BCUT2D eigenvalue weighted by atomic mass is 28.4. The lowest BCUT2D eigenvalue weighted by molar-refractivity contribution is -0.157. The summed E-state index contributed by atoms with van der Waals surface area (Å²) in [6, 6.07) is 0. The Morgan fingerprint density at radius 1 is 1.25 bits per heavy atom. The minimum absolute atomic E-state index is 0.0363. The predicted molar refractivity (Wildman–Crippen MR) is 85.3 cm³/mol. The highest BCUT2D eigenvalue weighted by Crippen LogP contribution is 2.42. The molecule has 0 aromatic rings. The first-order valence-electron chi connectivity index (χ1n) is 7.87. The molecule has 4 heteroatoms. The molecular weight excluding hydrogens is 268 g/mol. The van der Waals surface area contributed by atoms with E-state index >= 15 is 0 Å². The molecule has 0 radical (unpaired) electrons. The smallest absolute Gasteiger partial charge is 0.311 e. The number of esters is 1. The highest BCUT2D eigenvalue weighted by Gasteiger charge is 2.43. The molecule has 0 atom stereocenters. The van der Waals surface area contributed by atoms with Gasteiger partial charge in [-0.3, -0.25) is 4.79 Å². The van der Waals surface area contributed by atoms with E-state index in [1.54, 1.807) is 0 Å². The zero-order valence-corrected chi connectivity index (χ0v) is 15.3. The molecule has 0 heterocycles. The Kier molecular flexibility index (Phi) is 5.47. The lowest BCUT2D eigenvalue weighted by Crippen LogP contribution is -2.46. The molecule has 0 bridgehead atoms. The van der Waals surface area contributed by atoms with Crippen LogP contribution in [0.15, 0.2) is 0 Å². The number of ether oxygens (including phenoxy) is 1. The molecule has 0 aliphatic heterocycles. The molecule has 1 aliphatic carbocycles. The summed E-state index contributed by atoms with van der Waals surface area (Å²) in [4.78, 5) is 12.0. The molecule has 1 rings (SSSR count). The van der Waals surface area contributed by atoms with Crippen LogP contribution in [0, 0.1) is 5.41 Å². The van der Waals surface area contributed by atoms with E-state index in [4.69, 9.17) is 9.16 Å². The maximum Gasteiger partial charge on any atom is 0.311 e. The largest absolute Gasteiger partial charge is 0.466 e. The minimum atomic E-state index is -1.70. The molecule has 1 aliphatic rings. The van der Waals surface area contributed by atoms with Gasteiger partial charge in [-0.25, -0.2) is 0 Å². The van der Waals surface area contributed by atoms with Crippen LogP contribution in [-0.2, 0) is 14.0 Å². The second kappa shape index (κ2) is 6.18. The number of hydrogen-bond acceptors (Lipinski definition) is 3.